The monoisotopic (exact) mass is 322 g/mol. The van der Waals surface area contributed by atoms with E-state index in [9.17, 15) is 4.79 Å². The summed E-state index contributed by atoms with van der Waals surface area (Å²) in [6.07, 6.45) is 5.00. The lowest BCUT2D eigenvalue weighted by atomic mass is 9.87. The number of nitrogens with one attached hydrogen (secondary N) is 2. The van der Waals surface area contributed by atoms with Gasteiger partial charge in [0.25, 0.3) is 0 Å². The number of aryl methyl sites for hydroxylation is 2. The first-order chi connectivity index (χ1) is 10.1. The zero-order valence-corrected chi connectivity index (χ0v) is 14.3. The minimum absolute atomic E-state index is 0. The summed E-state index contributed by atoms with van der Waals surface area (Å²) < 4.78 is 0. The van der Waals surface area contributed by atoms with E-state index in [-0.39, 0.29) is 30.3 Å². The molecule has 1 fully saturated rings. The van der Waals surface area contributed by atoms with Crippen LogP contribution in [-0.4, -0.2) is 19.0 Å². The van der Waals surface area contributed by atoms with E-state index < -0.39 is 0 Å². The second-order valence-electron chi connectivity index (χ2n) is 6.67. The van der Waals surface area contributed by atoms with Crippen molar-refractivity contribution in [1.29, 1.82) is 0 Å². The molecule has 2 atom stereocenters. The summed E-state index contributed by atoms with van der Waals surface area (Å²) in [5, 5.41) is 6.42. The number of hydrogen-bond donors (Lipinski definition) is 2. The van der Waals surface area contributed by atoms with E-state index in [0.717, 1.165) is 13.1 Å². The molecule has 1 aliphatic carbocycles. The molecule has 1 aliphatic heterocycles. The fourth-order valence-electron chi connectivity index (χ4n) is 3.33. The summed E-state index contributed by atoms with van der Waals surface area (Å²) in [4.78, 5) is 12.3. The third-order valence-corrected chi connectivity index (χ3v) is 5.17. The molecule has 2 N–H and O–H groups in total. The highest BCUT2D eigenvalue weighted by atomic mass is 35.5. The van der Waals surface area contributed by atoms with Crippen LogP contribution in [0.5, 0.6) is 0 Å². The molecule has 0 aromatic heterocycles. The summed E-state index contributed by atoms with van der Waals surface area (Å²) in [5.74, 6) is 0.791. The van der Waals surface area contributed by atoms with Gasteiger partial charge in [0.1, 0.15) is 0 Å². The Labute approximate surface area is 139 Å². The van der Waals surface area contributed by atoms with E-state index in [1.165, 1.54) is 42.4 Å². The molecule has 122 valence electrons. The maximum absolute atomic E-state index is 12.3. The molecule has 0 spiro atoms. The topological polar surface area (TPSA) is 41.1 Å². The number of carbonyl (C=O) groups excluding carboxylic acids is 1. The van der Waals surface area contributed by atoms with Crippen LogP contribution in [0.3, 0.4) is 0 Å². The van der Waals surface area contributed by atoms with Crippen LogP contribution < -0.4 is 10.6 Å². The zero-order valence-electron chi connectivity index (χ0n) is 13.5. The molecule has 22 heavy (non-hydrogen) atoms. The Balaban J connectivity index is 0.00000176. The number of hydrogen-bond acceptors (Lipinski definition) is 2. The standard InChI is InChI=1S/C18H26N2O.ClH/c1-12(17-10-19-11-17)18(21)20-13(2)15-8-7-14-5-3-4-6-16(14)9-15;/h7-9,12-13,17,19H,3-6,10-11H2,1-2H3,(H,20,21);1H. The van der Waals surface area contributed by atoms with Crippen LogP contribution in [0.25, 0.3) is 0 Å². The maximum Gasteiger partial charge on any atom is 0.223 e. The van der Waals surface area contributed by atoms with Crippen molar-refractivity contribution >= 4 is 18.3 Å². The van der Waals surface area contributed by atoms with Crippen LogP contribution in [-0.2, 0) is 17.6 Å². The number of amides is 1. The van der Waals surface area contributed by atoms with Crippen LogP contribution in [0, 0.1) is 11.8 Å². The molecule has 0 saturated carbocycles. The van der Waals surface area contributed by atoms with Gasteiger partial charge in [-0.2, -0.15) is 0 Å². The molecule has 4 heteroatoms. The molecular formula is C18H27ClN2O. The van der Waals surface area contributed by atoms with Crippen molar-refractivity contribution in [2.45, 2.75) is 45.6 Å². The zero-order chi connectivity index (χ0) is 14.8. The van der Waals surface area contributed by atoms with Crippen molar-refractivity contribution in [2.24, 2.45) is 11.8 Å². The van der Waals surface area contributed by atoms with Crippen molar-refractivity contribution in [1.82, 2.24) is 10.6 Å². The lowest BCUT2D eigenvalue weighted by Crippen LogP contribution is -2.49. The predicted octanol–water partition coefficient (Wildman–Crippen LogP) is 3.02. The first kappa shape index (κ1) is 17.3. The second-order valence-corrected chi connectivity index (χ2v) is 6.67. The molecule has 3 rings (SSSR count). The predicted molar refractivity (Wildman–Crippen MR) is 92.4 cm³/mol. The summed E-state index contributed by atoms with van der Waals surface area (Å²) in [5.41, 5.74) is 4.22. The number of halogens is 1. The summed E-state index contributed by atoms with van der Waals surface area (Å²) in [7, 11) is 0. The third kappa shape index (κ3) is 3.64. The van der Waals surface area contributed by atoms with E-state index in [1.807, 2.05) is 6.92 Å². The Bertz CT molecular complexity index is 528. The van der Waals surface area contributed by atoms with Gasteiger partial charge >= 0.3 is 0 Å². The SMILES string of the molecule is CC(NC(=O)C(C)C1CNC1)c1ccc2c(c1)CCCC2.Cl. The normalized spacial score (nSPS) is 20.1. The van der Waals surface area contributed by atoms with Crippen molar-refractivity contribution in [2.75, 3.05) is 13.1 Å². The van der Waals surface area contributed by atoms with Crippen LogP contribution in [0.15, 0.2) is 18.2 Å². The Morgan fingerprint density at radius 2 is 1.86 bits per heavy atom. The molecule has 1 amide bonds. The lowest BCUT2D eigenvalue weighted by molar-refractivity contribution is -0.127. The number of fused-ring (bicyclic) bond motifs is 1. The minimum atomic E-state index is 0. The molecule has 1 saturated heterocycles. The van der Waals surface area contributed by atoms with Gasteiger partial charge in [-0.3, -0.25) is 4.79 Å². The molecule has 0 bridgehead atoms. The minimum Gasteiger partial charge on any atom is -0.349 e. The van der Waals surface area contributed by atoms with Crippen LogP contribution in [0.2, 0.25) is 0 Å². The average molecular weight is 323 g/mol. The van der Waals surface area contributed by atoms with E-state index in [2.05, 4.69) is 35.8 Å². The molecular weight excluding hydrogens is 296 g/mol. The van der Waals surface area contributed by atoms with Crippen molar-refractivity contribution in [3.8, 4) is 0 Å². The van der Waals surface area contributed by atoms with E-state index in [4.69, 9.17) is 0 Å². The number of rotatable bonds is 4. The van der Waals surface area contributed by atoms with E-state index in [0.29, 0.717) is 5.92 Å². The van der Waals surface area contributed by atoms with Gasteiger partial charge in [-0.15, -0.1) is 12.4 Å². The fraction of sp³-hybridized carbons (Fsp3) is 0.611. The highest BCUT2D eigenvalue weighted by Gasteiger charge is 2.29. The Hall–Kier alpha value is -1.06. The van der Waals surface area contributed by atoms with E-state index in [1.54, 1.807) is 0 Å². The first-order valence-electron chi connectivity index (χ1n) is 8.28. The Kier molecular flexibility index (Phi) is 5.87. The van der Waals surface area contributed by atoms with Gasteiger partial charge < -0.3 is 10.6 Å². The number of benzene rings is 1. The first-order valence-corrected chi connectivity index (χ1v) is 8.28. The third-order valence-electron chi connectivity index (χ3n) is 5.17. The van der Waals surface area contributed by atoms with Crippen molar-refractivity contribution in [3.63, 3.8) is 0 Å². The summed E-state index contributed by atoms with van der Waals surface area (Å²) in [6.45, 7) is 6.08. The van der Waals surface area contributed by atoms with Crippen LogP contribution in [0.4, 0.5) is 0 Å². The molecule has 3 nitrogen and oxygen atoms in total. The van der Waals surface area contributed by atoms with Gasteiger partial charge in [0.15, 0.2) is 0 Å². The lowest BCUT2D eigenvalue weighted by Gasteiger charge is -2.32. The molecule has 2 aliphatic rings. The number of carbonyl (C=O) groups is 1. The Morgan fingerprint density at radius 1 is 1.18 bits per heavy atom. The van der Waals surface area contributed by atoms with Gasteiger partial charge in [0.2, 0.25) is 5.91 Å². The molecule has 0 radical (unpaired) electrons. The summed E-state index contributed by atoms with van der Waals surface area (Å²) >= 11 is 0. The van der Waals surface area contributed by atoms with Gasteiger partial charge in [0.05, 0.1) is 6.04 Å². The average Bonchev–Trinajstić information content (AvgIpc) is 2.44. The highest BCUT2D eigenvalue weighted by molar-refractivity contribution is 5.85. The van der Waals surface area contributed by atoms with Gasteiger partial charge in [-0.1, -0.05) is 25.1 Å². The Morgan fingerprint density at radius 3 is 2.50 bits per heavy atom. The largest absolute Gasteiger partial charge is 0.349 e. The quantitative estimate of drug-likeness (QED) is 0.894. The molecule has 1 heterocycles. The van der Waals surface area contributed by atoms with Gasteiger partial charge in [-0.25, -0.2) is 0 Å². The smallest absolute Gasteiger partial charge is 0.223 e. The van der Waals surface area contributed by atoms with Crippen LogP contribution >= 0.6 is 12.4 Å². The molecule has 1 aromatic rings. The fourth-order valence-corrected chi connectivity index (χ4v) is 3.33. The van der Waals surface area contributed by atoms with Crippen LogP contribution in [0.1, 0.15) is 49.4 Å². The highest BCUT2D eigenvalue weighted by Crippen LogP contribution is 2.25. The maximum atomic E-state index is 12.3. The molecule has 2 unspecified atom stereocenters. The summed E-state index contributed by atoms with van der Waals surface area (Å²) in [6, 6.07) is 6.84. The van der Waals surface area contributed by atoms with Crippen molar-refractivity contribution < 1.29 is 4.79 Å². The molecule has 1 aromatic carbocycles. The van der Waals surface area contributed by atoms with Gasteiger partial charge in [0, 0.05) is 5.92 Å². The second kappa shape index (κ2) is 7.47. The van der Waals surface area contributed by atoms with Crippen molar-refractivity contribution in [3.05, 3.63) is 34.9 Å². The van der Waals surface area contributed by atoms with Gasteiger partial charge in [-0.05, 0) is 68.3 Å². The van der Waals surface area contributed by atoms with E-state index >= 15 is 0 Å².